The summed E-state index contributed by atoms with van der Waals surface area (Å²) in [6.45, 7) is 2.80. The molecule has 1 heterocycles. The summed E-state index contributed by atoms with van der Waals surface area (Å²) >= 11 is 0. The fraction of sp³-hybridized carbons (Fsp3) is 0.533. The van der Waals surface area contributed by atoms with Crippen LogP contribution >= 0.6 is 0 Å². The van der Waals surface area contributed by atoms with Crippen molar-refractivity contribution in [3.63, 3.8) is 0 Å². The van der Waals surface area contributed by atoms with Crippen LogP contribution in [-0.2, 0) is 4.74 Å². The van der Waals surface area contributed by atoms with Gasteiger partial charge in [0.05, 0.1) is 26.9 Å². The van der Waals surface area contributed by atoms with Crippen molar-refractivity contribution in [1.82, 2.24) is 10.2 Å². The van der Waals surface area contributed by atoms with Crippen LogP contribution in [0.15, 0.2) is 18.2 Å². The van der Waals surface area contributed by atoms with Crippen molar-refractivity contribution < 1.29 is 19.0 Å². The molecule has 0 spiro atoms. The number of rotatable bonds is 5. The molecule has 1 aliphatic heterocycles. The Labute approximate surface area is 125 Å². The highest BCUT2D eigenvalue weighted by atomic mass is 16.5. The Bertz CT molecular complexity index is 464. The molecule has 1 aromatic rings. The topological polar surface area (TPSA) is 60.0 Å². The van der Waals surface area contributed by atoms with Crippen molar-refractivity contribution in [2.45, 2.75) is 6.10 Å². The largest absolute Gasteiger partial charge is 0.496 e. The van der Waals surface area contributed by atoms with E-state index in [0.29, 0.717) is 30.2 Å². The molecule has 2 rings (SSSR count). The SMILES string of the molecule is COc1cccc(OC)c1C(=O)N(C)CC1CNCCO1. The lowest BCUT2D eigenvalue weighted by molar-refractivity contribution is 0.0102. The first kappa shape index (κ1) is 15.6. The molecule has 0 radical (unpaired) electrons. The number of ether oxygens (including phenoxy) is 3. The fourth-order valence-corrected chi connectivity index (χ4v) is 2.38. The maximum absolute atomic E-state index is 12.7. The molecule has 0 saturated carbocycles. The van der Waals surface area contributed by atoms with Crippen molar-refractivity contribution >= 4 is 5.91 Å². The quantitative estimate of drug-likeness (QED) is 0.869. The number of nitrogens with one attached hydrogen (secondary N) is 1. The highest BCUT2D eigenvalue weighted by Gasteiger charge is 2.24. The van der Waals surface area contributed by atoms with Crippen LogP contribution in [0.2, 0.25) is 0 Å². The normalized spacial score (nSPS) is 18.1. The highest BCUT2D eigenvalue weighted by Crippen LogP contribution is 2.29. The summed E-state index contributed by atoms with van der Waals surface area (Å²) in [6.07, 6.45) is 0.00778. The average Bonchev–Trinajstić information content (AvgIpc) is 2.54. The molecule has 1 saturated heterocycles. The smallest absolute Gasteiger partial charge is 0.261 e. The second-order valence-corrected chi connectivity index (χ2v) is 4.92. The molecule has 1 N–H and O–H groups in total. The van der Waals surface area contributed by atoms with Gasteiger partial charge < -0.3 is 24.4 Å². The van der Waals surface area contributed by atoms with E-state index in [1.54, 1.807) is 44.4 Å². The number of hydrogen-bond acceptors (Lipinski definition) is 5. The zero-order chi connectivity index (χ0) is 15.2. The molecule has 116 valence electrons. The number of methoxy groups -OCH3 is 2. The predicted molar refractivity (Wildman–Crippen MR) is 79.1 cm³/mol. The number of morpholine rings is 1. The Morgan fingerprint density at radius 2 is 2.05 bits per heavy atom. The van der Waals surface area contributed by atoms with E-state index in [2.05, 4.69) is 5.32 Å². The molecule has 1 fully saturated rings. The summed E-state index contributed by atoms with van der Waals surface area (Å²) < 4.78 is 16.2. The van der Waals surface area contributed by atoms with Gasteiger partial charge in [0.2, 0.25) is 0 Å². The van der Waals surface area contributed by atoms with Crippen LogP contribution in [0.1, 0.15) is 10.4 Å². The van der Waals surface area contributed by atoms with Crippen molar-refractivity contribution in [2.75, 3.05) is 47.5 Å². The molecular weight excluding hydrogens is 272 g/mol. The summed E-state index contributed by atoms with van der Waals surface area (Å²) in [5.74, 6) is 0.876. The molecular formula is C15H22N2O4. The van der Waals surface area contributed by atoms with Crippen molar-refractivity contribution in [3.8, 4) is 11.5 Å². The first-order valence-electron chi connectivity index (χ1n) is 6.96. The zero-order valence-corrected chi connectivity index (χ0v) is 12.7. The predicted octanol–water partition coefficient (Wildman–Crippen LogP) is 0.764. The first-order valence-corrected chi connectivity index (χ1v) is 6.96. The number of benzene rings is 1. The third-order valence-electron chi connectivity index (χ3n) is 3.47. The summed E-state index contributed by atoms with van der Waals surface area (Å²) in [4.78, 5) is 14.3. The minimum absolute atomic E-state index is 0.00778. The van der Waals surface area contributed by atoms with E-state index < -0.39 is 0 Å². The zero-order valence-electron chi connectivity index (χ0n) is 12.7. The number of carbonyl (C=O) groups excluding carboxylic acids is 1. The second-order valence-electron chi connectivity index (χ2n) is 4.92. The molecule has 1 amide bonds. The lowest BCUT2D eigenvalue weighted by atomic mass is 10.1. The number of hydrogen-bond donors (Lipinski definition) is 1. The minimum atomic E-state index is -0.140. The monoisotopic (exact) mass is 294 g/mol. The van der Waals surface area contributed by atoms with Crippen LogP contribution < -0.4 is 14.8 Å². The fourth-order valence-electron chi connectivity index (χ4n) is 2.38. The van der Waals surface area contributed by atoms with Crippen LogP contribution in [-0.4, -0.2) is 64.4 Å². The van der Waals surface area contributed by atoms with Gasteiger partial charge in [0.25, 0.3) is 5.91 Å². The summed E-state index contributed by atoms with van der Waals surface area (Å²) in [6, 6.07) is 5.30. The molecule has 0 aliphatic carbocycles. The molecule has 21 heavy (non-hydrogen) atoms. The van der Waals surface area contributed by atoms with Gasteiger partial charge in [-0.1, -0.05) is 6.07 Å². The van der Waals surface area contributed by atoms with Crippen LogP contribution in [0.5, 0.6) is 11.5 Å². The maximum atomic E-state index is 12.7. The van der Waals surface area contributed by atoms with E-state index in [1.165, 1.54) is 0 Å². The van der Waals surface area contributed by atoms with E-state index >= 15 is 0 Å². The van der Waals surface area contributed by atoms with Gasteiger partial charge in [0.15, 0.2) is 0 Å². The van der Waals surface area contributed by atoms with Crippen molar-refractivity contribution in [2.24, 2.45) is 0 Å². The molecule has 1 aliphatic rings. The number of carbonyl (C=O) groups is 1. The average molecular weight is 294 g/mol. The molecule has 0 bridgehead atoms. The Morgan fingerprint density at radius 3 is 2.57 bits per heavy atom. The molecule has 6 nitrogen and oxygen atoms in total. The van der Waals surface area contributed by atoms with Gasteiger partial charge in [-0.15, -0.1) is 0 Å². The van der Waals surface area contributed by atoms with E-state index in [1.807, 2.05) is 0 Å². The number of amides is 1. The summed E-state index contributed by atoms with van der Waals surface area (Å²) in [7, 11) is 4.84. The minimum Gasteiger partial charge on any atom is -0.496 e. The number of likely N-dealkylation sites (N-methyl/N-ethyl adjacent to an activating group) is 1. The van der Waals surface area contributed by atoms with Gasteiger partial charge >= 0.3 is 0 Å². The molecule has 0 aromatic heterocycles. The van der Waals surface area contributed by atoms with Crippen LogP contribution in [0, 0.1) is 0 Å². The van der Waals surface area contributed by atoms with Gasteiger partial charge in [-0.25, -0.2) is 0 Å². The lowest BCUT2D eigenvalue weighted by Crippen LogP contribution is -2.45. The Kier molecular flexibility index (Phi) is 5.41. The van der Waals surface area contributed by atoms with Crippen LogP contribution in [0.3, 0.4) is 0 Å². The van der Waals surface area contributed by atoms with E-state index in [4.69, 9.17) is 14.2 Å². The van der Waals surface area contributed by atoms with Gasteiger partial charge in [0.1, 0.15) is 17.1 Å². The standard InChI is InChI=1S/C15H22N2O4/c1-17(10-11-9-16-7-8-21-11)15(18)14-12(19-2)5-4-6-13(14)20-3/h4-6,11,16H,7-10H2,1-3H3. The van der Waals surface area contributed by atoms with Gasteiger partial charge in [-0.05, 0) is 12.1 Å². The number of nitrogens with zero attached hydrogens (tertiary/aromatic N) is 1. The third kappa shape index (κ3) is 3.65. The molecule has 1 atom stereocenters. The van der Waals surface area contributed by atoms with Crippen LogP contribution in [0.4, 0.5) is 0 Å². The Hall–Kier alpha value is -1.79. The third-order valence-corrected chi connectivity index (χ3v) is 3.47. The van der Waals surface area contributed by atoms with Crippen LogP contribution in [0.25, 0.3) is 0 Å². The summed E-state index contributed by atoms with van der Waals surface area (Å²) in [5.41, 5.74) is 0.439. The lowest BCUT2D eigenvalue weighted by Gasteiger charge is -2.28. The molecule has 6 heteroatoms. The second kappa shape index (κ2) is 7.28. The maximum Gasteiger partial charge on any atom is 0.261 e. The Balaban J connectivity index is 2.14. The van der Waals surface area contributed by atoms with E-state index in [9.17, 15) is 4.79 Å². The molecule has 1 unspecified atom stereocenters. The first-order chi connectivity index (χ1) is 10.2. The van der Waals surface area contributed by atoms with Crippen molar-refractivity contribution in [3.05, 3.63) is 23.8 Å². The van der Waals surface area contributed by atoms with Gasteiger partial charge in [-0.3, -0.25) is 4.79 Å². The Morgan fingerprint density at radius 1 is 1.38 bits per heavy atom. The van der Waals surface area contributed by atoms with Gasteiger partial charge in [0, 0.05) is 26.7 Å². The highest BCUT2D eigenvalue weighted by molar-refractivity contribution is 5.99. The van der Waals surface area contributed by atoms with Crippen molar-refractivity contribution in [1.29, 1.82) is 0 Å². The van der Waals surface area contributed by atoms with E-state index in [-0.39, 0.29) is 12.0 Å². The van der Waals surface area contributed by atoms with Gasteiger partial charge in [-0.2, -0.15) is 0 Å². The van der Waals surface area contributed by atoms with E-state index in [0.717, 1.165) is 13.1 Å². The molecule has 1 aromatic carbocycles. The summed E-state index contributed by atoms with van der Waals surface area (Å²) in [5, 5.41) is 3.25.